The summed E-state index contributed by atoms with van der Waals surface area (Å²) in [6, 6.07) is 8.52. The molecule has 0 saturated heterocycles. The molecule has 1 aliphatic carbocycles. The van der Waals surface area contributed by atoms with Gasteiger partial charge >= 0.3 is 5.97 Å². The second kappa shape index (κ2) is 6.20. The highest BCUT2D eigenvalue weighted by Gasteiger charge is 2.03. The molecule has 0 radical (unpaired) electrons. The molecule has 0 unspecified atom stereocenters. The molecule has 0 amide bonds. The van der Waals surface area contributed by atoms with Crippen molar-refractivity contribution in [3.05, 3.63) is 59.4 Å². The van der Waals surface area contributed by atoms with Gasteiger partial charge in [0.05, 0.1) is 0 Å². The molecule has 0 aromatic heterocycles. The summed E-state index contributed by atoms with van der Waals surface area (Å²) in [5.74, 6) is 0.408. The highest BCUT2D eigenvalue weighted by atomic mass is 16.5. The van der Waals surface area contributed by atoms with Gasteiger partial charge in [-0.15, -0.1) is 0 Å². The maximum absolute atomic E-state index is 11.0. The normalized spacial score (nSPS) is 18.4. The van der Waals surface area contributed by atoms with Crippen LogP contribution in [0.1, 0.15) is 30.9 Å². The first-order valence-corrected chi connectivity index (χ1v) is 6.37. The van der Waals surface area contributed by atoms with E-state index in [9.17, 15) is 4.79 Å². The summed E-state index contributed by atoms with van der Waals surface area (Å²) in [6.45, 7) is 1.43. The standard InChI is InChI=1S/C16H18O2/c1-13(17)18-16-11-5-4-9-14-7-2-3-8-15(14)10-6-12-16/h2-3,6-8,11-12H,4-5,9-10H2,1H3/b12-6?,16-11+. The Morgan fingerprint density at radius 2 is 2.00 bits per heavy atom. The third kappa shape index (κ3) is 3.59. The molecule has 18 heavy (non-hydrogen) atoms. The van der Waals surface area contributed by atoms with Gasteiger partial charge in [0.1, 0.15) is 5.76 Å². The number of fused-ring (bicyclic) bond motifs is 1. The Balaban J connectivity index is 2.15. The summed E-state index contributed by atoms with van der Waals surface area (Å²) in [6.07, 6.45) is 9.91. The fourth-order valence-electron chi connectivity index (χ4n) is 2.15. The number of esters is 1. The quantitative estimate of drug-likeness (QED) is 0.704. The Morgan fingerprint density at radius 1 is 1.22 bits per heavy atom. The van der Waals surface area contributed by atoms with Crippen molar-refractivity contribution in [2.24, 2.45) is 0 Å². The second-order valence-corrected chi connectivity index (χ2v) is 4.47. The number of hydrogen-bond donors (Lipinski definition) is 0. The predicted molar refractivity (Wildman–Crippen MR) is 72.1 cm³/mol. The lowest BCUT2D eigenvalue weighted by molar-refractivity contribution is -0.136. The van der Waals surface area contributed by atoms with Crippen LogP contribution in [0.5, 0.6) is 0 Å². The van der Waals surface area contributed by atoms with E-state index in [1.165, 1.54) is 18.1 Å². The summed E-state index contributed by atoms with van der Waals surface area (Å²) >= 11 is 0. The van der Waals surface area contributed by atoms with E-state index in [0.29, 0.717) is 5.76 Å². The van der Waals surface area contributed by atoms with Crippen LogP contribution in [0, 0.1) is 0 Å². The van der Waals surface area contributed by atoms with E-state index < -0.39 is 0 Å². The zero-order valence-corrected chi connectivity index (χ0v) is 10.7. The van der Waals surface area contributed by atoms with Gasteiger partial charge in [0.15, 0.2) is 0 Å². The maximum Gasteiger partial charge on any atom is 0.308 e. The largest absolute Gasteiger partial charge is 0.427 e. The SMILES string of the molecule is CC(=O)O/C1=C/CCCc2ccccc2CC=C1. The van der Waals surface area contributed by atoms with E-state index in [1.54, 1.807) is 0 Å². The number of benzene rings is 1. The second-order valence-electron chi connectivity index (χ2n) is 4.47. The van der Waals surface area contributed by atoms with Crippen LogP contribution >= 0.6 is 0 Å². The molecule has 2 nitrogen and oxygen atoms in total. The van der Waals surface area contributed by atoms with Gasteiger partial charge in [-0.3, -0.25) is 4.79 Å². The van der Waals surface area contributed by atoms with E-state index in [4.69, 9.17) is 4.74 Å². The first-order chi connectivity index (χ1) is 8.75. The van der Waals surface area contributed by atoms with Crippen LogP contribution in [0.25, 0.3) is 0 Å². The van der Waals surface area contributed by atoms with Crippen molar-refractivity contribution in [1.29, 1.82) is 0 Å². The summed E-state index contributed by atoms with van der Waals surface area (Å²) < 4.78 is 5.15. The van der Waals surface area contributed by atoms with Crippen LogP contribution in [-0.2, 0) is 22.4 Å². The van der Waals surface area contributed by atoms with Crippen LogP contribution in [-0.4, -0.2) is 5.97 Å². The number of ether oxygens (including phenoxy) is 1. The average molecular weight is 242 g/mol. The molecule has 0 bridgehead atoms. The van der Waals surface area contributed by atoms with Gasteiger partial charge < -0.3 is 4.74 Å². The zero-order chi connectivity index (χ0) is 12.8. The van der Waals surface area contributed by atoms with Crippen molar-refractivity contribution < 1.29 is 9.53 Å². The summed E-state index contributed by atoms with van der Waals surface area (Å²) in [4.78, 5) is 11.0. The molecule has 0 fully saturated rings. The monoisotopic (exact) mass is 242 g/mol. The van der Waals surface area contributed by atoms with E-state index in [2.05, 4.69) is 30.3 Å². The van der Waals surface area contributed by atoms with Crippen LogP contribution in [0.3, 0.4) is 0 Å². The van der Waals surface area contributed by atoms with Crippen LogP contribution in [0.15, 0.2) is 48.3 Å². The van der Waals surface area contributed by atoms with E-state index in [-0.39, 0.29) is 5.97 Å². The topological polar surface area (TPSA) is 26.3 Å². The van der Waals surface area contributed by atoms with Crippen LogP contribution in [0.2, 0.25) is 0 Å². The van der Waals surface area contributed by atoms with Crippen molar-refractivity contribution in [2.45, 2.75) is 32.6 Å². The predicted octanol–water partition coefficient (Wildman–Crippen LogP) is 3.57. The van der Waals surface area contributed by atoms with Gasteiger partial charge in [0.2, 0.25) is 0 Å². The number of aryl methyl sites for hydroxylation is 1. The lowest BCUT2D eigenvalue weighted by atomic mass is 9.98. The highest BCUT2D eigenvalue weighted by molar-refractivity contribution is 5.67. The molecular formula is C16H18O2. The lowest BCUT2D eigenvalue weighted by Crippen LogP contribution is -1.99. The molecule has 2 heteroatoms. The fraction of sp³-hybridized carbons (Fsp3) is 0.312. The van der Waals surface area contributed by atoms with Gasteiger partial charge in [-0.05, 0) is 49.0 Å². The fourth-order valence-corrected chi connectivity index (χ4v) is 2.15. The van der Waals surface area contributed by atoms with Crippen molar-refractivity contribution >= 4 is 5.97 Å². The number of rotatable bonds is 1. The molecule has 0 heterocycles. The molecule has 1 aliphatic rings. The van der Waals surface area contributed by atoms with Crippen molar-refractivity contribution in [1.82, 2.24) is 0 Å². The Labute approximate surface area is 108 Å². The van der Waals surface area contributed by atoms with Gasteiger partial charge in [-0.25, -0.2) is 0 Å². The van der Waals surface area contributed by atoms with E-state index >= 15 is 0 Å². The summed E-state index contributed by atoms with van der Waals surface area (Å²) in [5.41, 5.74) is 2.78. The van der Waals surface area contributed by atoms with E-state index in [1.807, 2.05) is 12.2 Å². The first kappa shape index (κ1) is 12.6. The lowest BCUT2D eigenvalue weighted by Gasteiger charge is -2.09. The number of carbonyl (C=O) groups is 1. The number of hydrogen-bond acceptors (Lipinski definition) is 2. The molecular weight excluding hydrogens is 224 g/mol. The molecule has 94 valence electrons. The molecule has 0 aliphatic heterocycles. The molecule has 0 saturated carbocycles. The van der Waals surface area contributed by atoms with Gasteiger partial charge in [0, 0.05) is 6.92 Å². The van der Waals surface area contributed by atoms with Crippen LogP contribution < -0.4 is 0 Å². The molecule has 1 aromatic rings. The Bertz CT molecular complexity index is 484. The Kier molecular flexibility index (Phi) is 4.35. The van der Waals surface area contributed by atoms with Crippen molar-refractivity contribution in [3.8, 4) is 0 Å². The molecule has 1 aromatic carbocycles. The van der Waals surface area contributed by atoms with Gasteiger partial charge in [0.25, 0.3) is 0 Å². The van der Waals surface area contributed by atoms with Gasteiger partial charge in [-0.2, -0.15) is 0 Å². The smallest absolute Gasteiger partial charge is 0.308 e. The van der Waals surface area contributed by atoms with Crippen LogP contribution in [0.4, 0.5) is 0 Å². The number of allylic oxidation sites excluding steroid dienone is 3. The summed E-state index contributed by atoms with van der Waals surface area (Å²) in [5, 5.41) is 0. The highest BCUT2D eigenvalue weighted by Crippen LogP contribution is 2.16. The Hall–Kier alpha value is -1.83. The maximum atomic E-state index is 11.0. The Morgan fingerprint density at radius 3 is 2.78 bits per heavy atom. The third-order valence-electron chi connectivity index (χ3n) is 3.00. The van der Waals surface area contributed by atoms with Crippen molar-refractivity contribution in [2.75, 3.05) is 0 Å². The molecule has 2 rings (SSSR count). The minimum absolute atomic E-state index is 0.261. The third-order valence-corrected chi connectivity index (χ3v) is 3.00. The summed E-state index contributed by atoms with van der Waals surface area (Å²) in [7, 11) is 0. The van der Waals surface area contributed by atoms with Crippen molar-refractivity contribution in [3.63, 3.8) is 0 Å². The van der Waals surface area contributed by atoms with E-state index in [0.717, 1.165) is 25.7 Å². The minimum atomic E-state index is -0.261. The number of carbonyl (C=O) groups excluding carboxylic acids is 1. The molecule has 0 spiro atoms. The van der Waals surface area contributed by atoms with Gasteiger partial charge in [-0.1, -0.05) is 30.3 Å². The first-order valence-electron chi connectivity index (χ1n) is 6.37. The minimum Gasteiger partial charge on any atom is -0.427 e. The zero-order valence-electron chi connectivity index (χ0n) is 10.7. The molecule has 0 atom stereocenters. The molecule has 0 N–H and O–H groups in total. The average Bonchev–Trinajstić information content (AvgIpc) is 2.35.